The predicted molar refractivity (Wildman–Crippen MR) is 75.4 cm³/mol. The van der Waals surface area contributed by atoms with Gasteiger partial charge in [-0.15, -0.1) is 0 Å². The summed E-state index contributed by atoms with van der Waals surface area (Å²) in [6.45, 7) is 5.03. The van der Waals surface area contributed by atoms with Gasteiger partial charge in [-0.2, -0.15) is 0 Å². The summed E-state index contributed by atoms with van der Waals surface area (Å²) in [6, 6.07) is 6.44. The van der Waals surface area contributed by atoms with Crippen LogP contribution >= 0.6 is 0 Å². The predicted octanol–water partition coefficient (Wildman–Crippen LogP) is 1.92. The highest BCUT2D eigenvalue weighted by atomic mass is 16.5. The molecule has 20 heavy (non-hydrogen) atoms. The van der Waals surface area contributed by atoms with Crippen molar-refractivity contribution in [3.8, 4) is 5.75 Å². The van der Waals surface area contributed by atoms with Crippen LogP contribution in [0.25, 0.3) is 0 Å². The van der Waals surface area contributed by atoms with Crippen LogP contribution in [0.2, 0.25) is 0 Å². The summed E-state index contributed by atoms with van der Waals surface area (Å²) >= 11 is 0. The summed E-state index contributed by atoms with van der Waals surface area (Å²) in [5.41, 5.74) is 0.303. The van der Waals surface area contributed by atoms with E-state index in [1.165, 1.54) is 0 Å². The average molecular weight is 279 g/mol. The van der Waals surface area contributed by atoms with Gasteiger partial charge < -0.3 is 19.9 Å². The van der Waals surface area contributed by atoms with Gasteiger partial charge in [0.2, 0.25) is 0 Å². The first-order chi connectivity index (χ1) is 9.59. The van der Waals surface area contributed by atoms with Crippen molar-refractivity contribution in [3.63, 3.8) is 0 Å². The molecule has 0 amide bonds. The van der Waals surface area contributed by atoms with Crippen LogP contribution in [0.15, 0.2) is 24.3 Å². The summed E-state index contributed by atoms with van der Waals surface area (Å²) in [5, 5.41) is 12.3. The highest BCUT2D eigenvalue weighted by molar-refractivity contribution is 5.87. The second-order valence-electron chi connectivity index (χ2n) is 5.32. The first kappa shape index (κ1) is 14.8. The van der Waals surface area contributed by atoms with E-state index in [4.69, 9.17) is 14.6 Å². The molecular formula is C15H21NO4. The SMILES string of the molecule is CC1(NCCOc2ccc(C(=O)O)cc2)CCCOC1. The summed E-state index contributed by atoms with van der Waals surface area (Å²) < 4.78 is 11.1. The number of nitrogens with one attached hydrogen (secondary N) is 1. The number of hydrogen-bond donors (Lipinski definition) is 2. The third kappa shape index (κ3) is 4.21. The van der Waals surface area contributed by atoms with Crippen LogP contribution in [0.1, 0.15) is 30.1 Å². The molecule has 5 nitrogen and oxygen atoms in total. The number of aromatic carboxylic acids is 1. The Balaban J connectivity index is 1.71. The molecule has 110 valence electrons. The van der Waals surface area contributed by atoms with Crippen LogP contribution in [0.5, 0.6) is 5.75 Å². The first-order valence-corrected chi connectivity index (χ1v) is 6.88. The van der Waals surface area contributed by atoms with E-state index in [1.54, 1.807) is 24.3 Å². The zero-order valence-electron chi connectivity index (χ0n) is 11.7. The van der Waals surface area contributed by atoms with Gasteiger partial charge in [0.1, 0.15) is 12.4 Å². The summed E-state index contributed by atoms with van der Waals surface area (Å²) in [5.74, 6) is -0.245. The largest absolute Gasteiger partial charge is 0.492 e. The molecule has 1 unspecified atom stereocenters. The third-order valence-corrected chi connectivity index (χ3v) is 3.46. The van der Waals surface area contributed by atoms with Crippen LogP contribution < -0.4 is 10.1 Å². The lowest BCUT2D eigenvalue weighted by Crippen LogP contribution is -2.50. The fourth-order valence-corrected chi connectivity index (χ4v) is 2.29. The molecule has 2 rings (SSSR count). The Labute approximate surface area is 118 Å². The zero-order chi connectivity index (χ0) is 14.4. The Kier molecular flexibility index (Phi) is 4.98. The van der Waals surface area contributed by atoms with Gasteiger partial charge in [0.15, 0.2) is 0 Å². The number of carboxylic acids is 1. The molecule has 1 aliphatic rings. The van der Waals surface area contributed by atoms with E-state index in [-0.39, 0.29) is 11.1 Å². The summed E-state index contributed by atoms with van der Waals surface area (Å²) in [4.78, 5) is 10.7. The Hall–Kier alpha value is -1.59. The molecule has 1 aromatic rings. The maximum atomic E-state index is 10.7. The van der Waals surface area contributed by atoms with Crippen molar-refractivity contribution in [2.24, 2.45) is 0 Å². The quantitative estimate of drug-likeness (QED) is 0.779. The highest BCUT2D eigenvalue weighted by Crippen LogP contribution is 2.18. The standard InChI is InChI=1S/C15H21NO4/c1-15(7-2-9-19-11-15)16-8-10-20-13-5-3-12(4-6-13)14(17)18/h3-6,16H,2,7-11H2,1H3,(H,17,18). The molecule has 1 atom stereocenters. The number of carboxylic acid groups (broad SMARTS) is 1. The van der Waals surface area contributed by atoms with Gasteiger partial charge >= 0.3 is 5.97 Å². The normalized spacial score (nSPS) is 22.4. The molecule has 1 saturated heterocycles. The van der Waals surface area contributed by atoms with E-state index in [0.717, 1.165) is 32.6 Å². The molecule has 1 heterocycles. The van der Waals surface area contributed by atoms with E-state index in [1.807, 2.05) is 0 Å². The van der Waals surface area contributed by atoms with Crippen molar-refractivity contribution in [1.29, 1.82) is 0 Å². The molecule has 1 aliphatic heterocycles. The van der Waals surface area contributed by atoms with Gasteiger partial charge in [0, 0.05) is 18.7 Å². The smallest absolute Gasteiger partial charge is 0.335 e. The monoisotopic (exact) mass is 279 g/mol. The lowest BCUT2D eigenvalue weighted by Gasteiger charge is -2.34. The second-order valence-corrected chi connectivity index (χ2v) is 5.32. The first-order valence-electron chi connectivity index (χ1n) is 6.88. The molecule has 0 spiro atoms. The van der Waals surface area contributed by atoms with Crippen LogP contribution in [0, 0.1) is 0 Å². The van der Waals surface area contributed by atoms with Gasteiger partial charge in [0.05, 0.1) is 12.2 Å². The third-order valence-electron chi connectivity index (χ3n) is 3.46. The lowest BCUT2D eigenvalue weighted by atomic mass is 9.95. The van der Waals surface area contributed by atoms with Gasteiger partial charge in [0.25, 0.3) is 0 Å². The minimum absolute atomic E-state index is 0.0365. The van der Waals surface area contributed by atoms with Gasteiger partial charge in [-0.3, -0.25) is 0 Å². The van der Waals surface area contributed by atoms with E-state index in [9.17, 15) is 4.79 Å². The fourth-order valence-electron chi connectivity index (χ4n) is 2.29. The van der Waals surface area contributed by atoms with Crippen LogP contribution in [-0.4, -0.2) is 43.0 Å². The minimum Gasteiger partial charge on any atom is -0.492 e. The molecule has 1 fully saturated rings. The van der Waals surface area contributed by atoms with Crippen LogP contribution in [0.4, 0.5) is 0 Å². The van der Waals surface area contributed by atoms with E-state index >= 15 is 0 Å². The van der Waals surface area contributed by atoms with Crippen molar-refractivity contribution in [3.05, 3.63) is 29.8 Å². The topological polar surface area (TPSA) is 67.8 Å². The molecule has 0 bridgehead atoms. The minimum atomic E-state index is -0.927. The number of carbonyl (C=O) groups is 1. The molecule has 0 radical (unpaired) electrons. The van der Waals surface area contributed by atoms with Crippen molar-refractivity contribution in [2.45, 2.75) is 25.3 Å². The molecule has 2 N–H and O–H groups in total. The Morgan fingerprint density at radius 3 is 2.80 bits per heavy atom. The van der Waals surface area contributed by atoms with E-state index in [2.05, 4.69) is 12.2 Å². The van der Waals surface area contributed by atoms with Gasteiger partial charge in [-0.1, -0.05) is 0 Å². The number of benzene rings is 1. The average Bonchev–Trinajstić information content (AvgIpc) is 2.45. The molecule has 0 aliphatic carbocycles. The van der Waals surface area contributed by atoms with Crippen molar-refractivity contribution < 1.29 is 19.4 Å². The van der Waals surface area contributed by atoms with Crippen LogP contribution in [0.3, 0.4) is 0 Å². The molecule has 0 saturated carbocycles. The Bertz CT molecular complexity index is 438. The van der Waals surface area contributed by atoms with Crippen molar-refractivity contribution >= 4 is 5.97 Å². The van der Waals surface area contributed by atoms with E-state index in [0.29, 0.717) is 12.4 Å². The number of rotatable bonds is 6. The fraction of sp³-hybridized carbons (Fsp3) is 0.533. The van der Waals surface area contributed by atoms with Crippen molar-refractivity contribution in [1.82, 2.24) is 5.32 Å². The Morgan fingerprint density at radius 1 is 1.45 bits per heavy atom. The van der Waals surface area contributed by atoms with Crippen LogP contribution in [-0.2, 0) is 4.74 Å². The maximum Gasteiger partial charge on any atom is 0.335 e. The summed E-state index contributed by atoms with van der Waals surface area (Å²) in [7, 11) is 0. The summed E-state index contributed by atoms with van der Waals surface area (Å²) in [6.07, 6.45) is 2.20. The van der Waals surface area contributed by atoms with Gasteiger partial charge in [-0.05, 0) is 44.0 Å². The zero-order valence-corrected chi connectivity index (χ0v) is 11.7. The number of ether oxygens (including phenoxy) is 2. The Morgan fingerprint density at radius 2 is 2.20 bits per heavy atom. The van der Waals surface area contributed by atoms with Crippen molar-refractivity contribution in [2.75, 3.05) is 26.4 Å². The van der Waals surface area contributed by atoms with E-state index < -0.39 is 5.97 Å². The highest BCUT2D eigenvalue weighted by Gasteiger charge is 2.26. The maximum absolute atomic E-state index is 10.7. The molecular weight excluding hydrogens is 258 g/mol. The second kappa shape index (κ2) is 6.72. The number of hydrogen-bond acceptors (Lipinski definition) is 4. The molecule has 5 heteroatoms. The lowest BCUT2D eigenvalue weighted by molar-refractivity contribution is 0.0273. The van der Waals surface area contributed by atoms with Gasteiger partial charge in [-0.25, -0.2) is 4.79 Å². The molecule has 1 aromatic carbocycles. The molecule has 0 aromatic heterocycles.